The second-order valence-corrected chi connectivity index (χ2v) is 4.94. The molecule has 108 valence electrons. The number of halogens is 1. The lowest BCUT2D eigenvalue weighted by atomic mass is 10.2. The molecule has 0 aliphatic heterocycles. The average Bonchev–Trinajstić information content (AvgIpc) is 2.42. The summed E-state index contributed by atoms with van der Waals surface area (Å²) < 4.78 is 5.66. The SMILES string of the molecule is CCNCc1ccc(OCCCCCCO)c(Cl)c1. The molecular weight excluding hydrogens is 262 g/mol. The monoisotopic (exact) mass is 285 g/mol. The van der Waals surface area contributed by atoms with Gasteiger partial charge in [0, 0.05) is 13.2 Å². The molecule has 0 aromatic heterocycles. The van der Waals surface area contributed by atoms with E-state index in [0.717, 1.165) is 44.5 Å². The van der Waals surface area contributed by atoms with Gasteiger partial charge in [0.2, 0.25) is 0 Å². The molecule has 0 aliphatic carbocycles. The maximum absolute atomic E-state index is 8.67. The van der Waals surface area contributed by atoms with Crippen LogP contribution in [0.3, 0.4) is 0 Å². The minimum atomic E-state index is 0.278. The molecule has 0 heterocycles. The zero-order valence-electron chi connectivity index (χ0n) is 11.6. The first-order valence-electron chi connectivity index (χ1n) is 7.00. The topological polar surface area (TPSA) is 41.5 Å². The van der Waals surface area contributed by atoms with Crippen molar-refractivity contribution in [3.05, 3.63) is 28.8 Å². The van der Waals surface area contributed by atoms with E-state index in [2.05, 4.69) is 12.2 Å². The third-order valence-electron chi connectivity index (χ3n) is 2.89. The number of unbranched alkanes of at least 4 members (excludes halogenated alkanes) is 3. The second-order valence-electron chi connectivity index (χ2n) is 4.53. The highest BCUT2D eigenvalue weighted by Gasteiger charge is 2.03. The number of nitrogens with one attached hydrogen (secondary N) is 1. The summed E-state index contributed by atoms with van der Waals surface area (Å²) in [5.74, 6) is 0.754. The van der Waals surface area contributed by atoms with E-state index in [1.807, 2.05) is 18.2 Å². The van der Waals surface area contributed by atoms with Crippen molar-refractivity contribution in [2.24, 2.45) is 0 Å². The predicted octanol–water partition coefficient (Wildman–Crippen LogP) is 3.38. The van der Waals surface area contributed by atoms with Crippen LogP contribution in [0, 0.1) is 0 Å². The van der Waals surface area contributed by atoms with Crippen LogP contribution in [0.2, 0.25) is 5.02 Å². The molecule has 4 heteroatoms. The standard InChI is InChI=1S/C15H24ClNO2/c1-2-17-12-13-7-8-15(14(16)11-13)19-10-6-4-3-5-9-18/h7-8,11,17-18H,2-6,9-10,12H2,1H3. The Balaban J connectivity index is 2.29. The zero-order valence-corrected chi connectivity index (χ0v) is 12.4. The van der Waals surface area contributed by atoms with Crippen molar-refractivity contribution in [1.29, 1.82) is 0 Å². The maximum atomic E-state index is 8.67. The molecular formula is C15H24ClNO2. The van der Waals surface area contributed by atoms with Gasteiger partial charge in [0.1, 0.15) is 5.75 Å². The van der Waals surface area contributed by atoms with Gasteiger partial charge in [-0.15, -0.1) is 0 Å². The molecule has 0 bridgehead atoms. The summed E-state index contributed by atoms with van der Waals surface area (Å²) >= 11 is 6.19. The van der Waals surface area contributed by atoms with Gasteiger partial charge < -0.3 is 15.2 Å². The van der Waals surface area contributed by atoms with Gasteiger partial charge in [0.25, 0.3) is 0 Å². The lowest BCUT2D eigenvalue weighted by Crippen LogP contribution is -2.11. The minimum Gasteiger partial charge on any atom is -0.492 e. The van der Waals surface area contributed by atoms with Crippen molar-refractivity contribution in [2.45, 2.75) is 39.2 Å². The van der Waals surface area contributed by atoms with Crippen LogP contribution in [0.25, 0.3) is 0 Å². The summed E-state index contributed by atoms with van der Waals surface area (Å²) in [7, 11) is 0. The Kier molecular flexibility index (Phi) is 8.63. The van der Waals surface area contributed by atoms with E-state index in [4.69, 9.17) is 21.4 Å². The van der Waals surface area contributed by atoms with E-state index in [-0.39, 0.29) is 6.61 Å². The number of hydrogen-bond acceptors (Lipinski definition) is 3. The number of benzene rings is 1. The summed E-state index contributed by atoms with van der Waals surface area (Å²) in [5, 5.41) is 12.6. The van der Waals surface area contributed by atoms with Crippen LogP contribution in [-0.2, 0) is 6.54 Å². The summed E-state index contributed by atoms with van der Waals surface area (Å²) in [5.41, 5.74) is 1.17. The van der Waals surface area contributed by atoms with E-state index in [1.165, 1.54) is 5.56 Å². The molecule has 1 aromatic rings. The molecule has 2 N–H and O–H groups in total. The molecule has 0 spiro atoms. The molecule has 0 unspecified atom stereocenters. The van der Waals surface area contributed by atoms with Gasteiger partial charge in [0.05, 0.1) is 11.6 Å². The molecule has 0 radical (unpaired) electrons. The third-order valence-corrected chi connectivity index (χ3v) is 3.18. The van der Waals surface area contributed by atoms with E-state index < -0.39 is 0 Å². The van der Waals surface area contributed by atoms with Gasteiger partial charge >= 0.3 is 0 Å². The Morgan fingerprint density at radius 3 is 2.68 bits per heavy atom. The van der Waals surface area contributed by atoms with Gasteiger partial charge in [-0.05, 0) is 43.5 Å². The Bertz CT molecular complexity index is 358. The van der Waals surface area contributed by atoms with Gasteiger partial charge in [-0.25, -0.2) is 0 Å². The zero-order chi connectivity index (χ0) is 13.9. The van der Waals surface area contributed by atoms with Gasteiger partial charge in [-0.3, -0.25) is 0 Å². The largest absolute Gasteiger partial charge is 0.492 e. The van der Waals surface area contributed by atoms with E-state index in [9.17, 15) is 0 Å². The Morgan fingerprint density at radius 2 is 2.00 bits per heavy atom. The highest BCUT2D eigenvalue weighted by atomic mass is 35.5. The quantitative estimate of drug-likeness (QED) is 0.648. The molecule has 0 fully saturated rings. The highest BCUT2D eigenvalue weighted by Crippen LogP contribution is 2.25. The Hall–Kier alpha value is -0.770. The van der Waals surface area contributed by atoms with Crippen molar-refractivity contribution >= 4 is 11.6 Å². The fraction of sp³-hybridized carbons (Fsp3) is 0.600. The molecule has 1 aromatic carbocycles. The number of ether oxygens (including phenoxy) is 1. The van der Waals surface area contributed by atoms with Crippen LogP contribution in [0.4, 0.5) is 0 Å². The van der Waals surface area contributed by atoms with Gasteiger partial charge in [-0.2, -0.15) is 0 Å². The normalized spacial score (nSPS) is 10.7. The molecule has 19 heavy (non-hydrogen) atoms. The summed E-state index contributed by atoms with van der Waals surface area (Å²) in [6.45, 7) is 4.81. The first-order valence-corrected chi connectivity index (χ1v) is 7.38. The van der Waals surface area contributed by atoms with Crippen LogP contribution < -0.4 is 10.1 Å². The third kappa shape index (κ3) is 6.81. The van der Waals surface area contributed by atoms with Crippen molar-refractivity contribution in [3.8, 4) is 5.75 Å². The van der Waals surface area contributed by atoms with Crippen LogP contribution >= 0.6 is 11.6 Å². The van der Waals surface area contributed by atoms with Crippen LogP contribution in [-0.4, -0.2) is 24.9 Å². The number of hydrogen-bond donors (Lipinski definition) is 2. The van der Waals surface area contributed by atoms with Crippen LogP contribution in [0.5, 0.6) is 5.75 Å². The Morgan fingerprint density at radius 1 is 1.21 bits per heavy atom. The van der Waals surface area contributed by atoms with E-state index in [1.54, 1.807) is 0 Å². The van der Waals surface area contributed by atoms with Gasteiger partial charge in [-0.1, -0.05) is 31.0 Å². The van der Waals surface area contributed by atoms with Crippen LogP contribution in [0.15, 0.2) is 18.2 Å². The predicted molar refractivity (Wildman–Crippen MR) is 79.9 cm³/mol. The summed E-state index contributed by atoms with van der Waals surface area (Å²) in [6, 6.07) is 5.92. The van der Waals surface area contributed by atoms with Crippen molar-refractivity contribution in [3.63, 3.8) is 0 Å². The highest BCUT2D eigenvalue weighted by molar-refractivity contribution is 6.32. The molecule has 3 nitrogen and oxygen atoms in total. The maximum Gasteiger partial charge on any atom is 0.137 e. The molecule has 0 amide bonds. The van der Waals surface area contributed by atoms with Gasteiger partial charge in [0.15, 0.2) is 0 Å². The van der Waals surface area contributed by atoms with Crippen molar-refractivity contribution in [2.75, 3.05) is 19.8 Å². The molecule has 1 rings (SSSR count). The first kappa shape index (κ1) is 16.3. The fourth-order valence-corrected chi connectivity index (χ4v) is 2.05. The van der Waals surface area contributed by atoms with E-state index in [0.29, 0.717) is 11.6 Å². The fourth-order valence-electron chi connectivity index (χ4n) is 1.79. The van der Waals surface area contributed by atoms with Crippen molar-refractivity contribution < 1.29 is 9.84 Å². The minimum absolute atomic E-state index is 0.278. The number of aliphatic hydroxyl groups is 1. The average molecular weight is 286 g/mol. The smallest absolute Gasteiger partial charge is 0.137 e. The van der Waals surface area contributed by atoms with Crippen molar-refractivity contribution in [1.82, 2.24) is 5.32 Å². The molecule has 0 saturated heterocycles. The molecule has 0 atom stereocenters. The van der Waals surface area contributed by atoms with E-state index >= 15 is 0 Å². The number of rotatable bonds is 10. The summed E-state index contributed by atoms with van der Waals surface area (Å²) in [6.07, 6.45) is 4.00. The lowest BCUT2D eigenvalue weighted by Gasteiger charge is -2.09. The Labute approximate surface area is 120 Å². The molecule has 0 aliphatic rings. The number of aliphatic hydroxyl groups excluding tert-OH is 1. The second kappa shape index (κ2) is 10.1. The first-order chi connectivity index (χ1) is 9.27. The molecule has 0 saturated carbocycles. The van der Waals surface area contributed by atoms with Crippen LogP contribution in [0.1, 0.15) is 38.2 Å². The lowest BCUT2D eigenvalue weighted by molar-refractivity contribution is 0.273. The summed E-state index contributed by atoms with van der Waals surface area (Å²) in [4.78, 5) is 0.